The van der Waals surface area contributed by atoms with Gasteiger partial charge in [-0.3, -0.25) is 0 Å². The van der Waals surface area contributed by atoms with Crippen molar-refractivity contribution >= 4 is 0 Å². The minimum atomic E-state index is -0.322. The molecule has 1 aliphatic heterocycles. The van der Waals surface area contributed by atoms with E-state index in [1.807, 2.05) is 12.1 Å². The van der Waals surface area contributed by atoms with Crippen LogP contribution in [-0.4, -0.2) is 25.0 Å². The molecule has 0 radical (unpaired) electrons. The Labute approximate surface area is 125 Å². The van der Waals surface area contributed by atoms with Gasteiger partial charge in [-0.2, -0.15) is 5.26 Å². The summed E-state index contributed by atoms with van der Waals surface area (Å²) in [7, 11) is 0. The first-order valence-corrected chi connectivity index (χ1v) is 7.70. The van der Waals surface area contributed by atoms with Crippen molar-refractivity contribution in [2.24, 2.45) is 5.92 Å². The molecular weight excluding hydrogens is 268 g/mol. The SMILES string of the molecule is CC1CCC2(CC1)OC[C@@H](CNCc1ccc(C#N)o1)O2. The minimum Gasteiger partial charge on any atom is -0.449 e. The van der Waals surface area contributed by atoms with Gasteiger partial charge in [-0.15, -0.1) is 0 Å². The van der Waals surface area contributed by atoms with E-state index >= 15 is 0 Å². The second-order valence-corrected chi connectivity index (χ2v) is 6.15. The predicted molar refractivity (Wildman–Crippen MR) is 76.3 cm³/mol. The van der Waals surface area contributed by atoms with Crippen LogP contribution in [0.4, 0.5) is 0 Å². The highest BCUT2D eigenvalue weighted by molar-refractivity contribution is 5.18. The normalized spacial score (nSPS) is 32.4. The van der Waals surface area contributed by atoms with E-state index in [0.29, 0.717) is 18.9 Å². The van der Waals surface area contributed by atoms with Crippen LogP contribution in [0.15, 0.2) is 16.5 Å². The van der Waals surface area contributed by atoms with E-state index in [1.165, 1.54) is 12.8 Å². The van der Waals surface area contributed by atoms with Crippen LogP contribution < -0.4 is 5.32 Å². The Morgan fingerprint density at radius 2 is 2.19 bits per heavy atom. The summed E-state index contributed by atoms with van der Waals surface area (Å²) < 4.78 is 17.4. The maximum absolute atomic E-state index is 8.71. The molecule has 0 aromatic carbocycles. The molecule has 114 valence electrons. The molecule has 2 heterocycles. The average molecular weight is 290 g/mol. The fourth-order valence-electron chi connectivity index (χ4n) is 3.07. The Balaban J connectivity index is 1.42. The maximum atomic E-state index is 8.71. The summed E-state index contributed by atoms with van der Waals surface area (Å²) in [6.07, 6.45) is 4.49. The van der Waals surface area contributed by atoms with E-state index in [4.69, 9.17) is 19.2 Å². The van der Waals surface area contributed by atoms with Gasteiger partial charge in [-0.1, -0.05) is 6.92 Å². The molecule has 21 heavy (non-hydrogen) atoms. The monoisotopic (exact) mass is 290 g/mol. The molecule has 5 nitrogen and oxygen atoms in total. The van der Waals surface area contributed by atoms with Crippen molar-refractivity contribution in [3.05, 3.63) is 23.7 Å². The van der Waals surface area contributed by atoms with E-state index < -0.39 is 0 Å². The molecule has 2 aliphatic rings. The molecule has 1 aliphatic carbocycles. The number of hydrogen-bond donors (Lipinski definition) is 1. The van der Waals surface area contributed by atoms with Gasteiger partial charge in [0, 0.05) is 19.4 Å². The van der Waals surface area contributed by atoms with Gasteiger partial charge in [0.25, 0.3) is 0 Å². The average Bonchev–Trinajstić information content (AvgIpc) is 3.10. The van der Waals surface area contributed by atoms with Gasteiger partial charge in [0.15, 0.2) is 5.79 Å². The van der Waals surface area contributed by atoms with Crippen molar-refractivity contribution in [3.8, 4) is 6.07 Å². The van der Waals surface area contributed by atoms with Gasteiger partial charge in [0.1, 0.15) is 11.8 Å². The maximum Gasteiger partial charge on any atom is 0.203 e. The molecule has 1 spiro atoms. The van der Waals surface area contributed by atoms with Crippen LogP contribution >= 0.6 is 0 Å². The van der Waals surface area contributed by atoms with Crippen LogP contribution in [0.5, 0.6) is 0 Å². The van der Waals surface area contributed by atoms with Crippen LogP contribution in [0.1, 0.15) is 44.1 Å². The van der Waals surface area contributed by atoms with Crippen molar-refractivity contribution in [2.45, 2.75) is 51.0 Å². The number of nitrogens with zero attached hydrogens (tertiary/aromatic N) is 1. The summed E-state index contributed by atoms with van der Waals surface area (Å²) in [5.41, 5.74) is 0. The molecule has 1 saturated heterocycles. The number of nitriles is 1. The third kappa shape index (κ3) is 3.46. The lowest BCUT2D eigenvalue weighted by Gasteiger charge is -2.34. The molecule has 1 aromatic rings. The van der Waals surface area contributed by atoms with Crippen LogP contribution in [0.25, 0.3) is 0 Å². The summed E-state index contributed by atoms with van der Waals surface area (Å²) in [6, 6.07) is 5.49. The van der Waals surface area contributed by atoms with Gasteiger partial charge in [-0.25, -0.2) is 0 Å². The first kappa shape index (κ1) is 14.6. The summed E-state index contributed by atoms with van der Waals surface area (Å²) in [4.78, 5) is 0. The number of furan rings is 1. The second kappa shape index (κ2) is 6.18. The van der Waals surface area contributed by atoms with Crippen LogP contribution in [-0.2, 0) is 16.0 Å². The lowest BCUT2D eigenvalue weighted by molar-refractivity contribution is -0.191. The molecule has 1 aromatic heterocycles. The molecular formula is C16H22N2O3. The molecule has 0 amide bonds. The van der Waals surface area contributed by atoms with Gasteiger partial charge >= 0.3 is 0 Å². The van der Waals surface area contributed by atoms with Crippen LogP contribution in [0, 0.1) is 17.2 Å². The third-order valence-corrected chi connectivity index (χ3v) is 4.39. The van der Waals surface area contributed by atoms with E-state index in [1.54, 1.807) is 6.07 Å². The van der Waals surface area contributed by atoms with Crippen molar-refractivity contribution in [1.29, 1.82) is 5.26 Å². The summed E-state index contributed by atoms with van der Waals surface area (Å²) >= 11 is 0. The Morgan fingerprint density at radius 3 is 2.90 bits per heavy atom. The highest BCUT2D eigenvalue weighted by Crippen LogP contribution is 2.39. The first-order valence-electron chi connectivity index (χ1n) is 7.70. The topological polar surface area (TPSA) is 67.4 Å². The zero-order valence-electron chi connectivity index (χ0n) is 12.4. The van der Waals surface area contributed by atoms with Crippen molar-refractivity contribution in [2.75, 3.05) is 13.2 Å². The number of ether oxygens (including phenoxy) is 2. The Bertz CT molecular complexity index is 512. The third-order valence-electron chi connectivity index (χ3n) is 4.39. The van der Waals surface area contributed by atoms with Crippen LogP contribution in [0.2, 0.25) is 0 Å². The summed E-state index contributed by atoms with van der Waals surface area (Å²) in [6.45, 7) is 4.29. The number of hydrogen-bond acceptors (Lipinski definition) is 5. The molecule has 0 bridgehead atoms. The first-order chi connectivity index (χ1) is 10.2. The lowest BCUT2D eigenvalue weighted by atomic mass is 9.86. The van der Waals surface area contributed by atoms with Crippen molar-refractivity contribution < 1.29 is 13.9 Å². The standard InChI is InChI=1S/C16H22N2O3/c1-12-4-6-16(7-5-12)19-11-15(21-16)10-18-9-14-3-2-13(8-17)20-14/h2-3,12,15,18H,4-7,9-11H2,1H3/t12?,15-,16?/m1/s1. The summed E-state index contributed by atoms with van der Waals surface area (Å²) in [5, 5.41) is 12.0. The zero-order valence-corrected chi connectivity index (χ0v) is 12.4. The van der Waals surface area contributed by atoms with Crippen molar-refractivity contribution in [3.63, 3.8) is 0 Å². The Hall–Kier alpha value is -1.35. The smallest absolute Gasteiger partial charge is 0.203 e. The molecule has 2 fully saturated rings. The van der Waals surface area contributed by atoms with Gasteiger partial charge in [0.05, 0.1) is 19.3 Å². The molecule has 1 N–H and O–H groups in total. The lowest BCUT2D eigenvalue weighted by Crippen LogP contribution is -2.37. The minimum absolute atomic E-state index is 0.101. The zero-order chi connectivity index (χ0) is 14.7. The fourth-order valence-corrected chi connectivity index (χ4v) is 3.07. The van der Waals surface area contributed by atoms with Crippen molar-refractivity contribution in [1.82, 2.24) is 5.32 Å². The molecule has 0 unspecified atom stereocenters. The highest BCUT2D eigenvalue weighted by atomic mass is 16.7. The Kier molecular flexibility index (Phi) is 4.29. The van der Waals surface area contributed by atoms with E-state index in [-0.39, 0.29) is 11.9 Å². The van der Waals surface area contributed by atoms with E-state index in [9.17, 15) is 0 Å². The highest BCUT2D eigenvalue weighted by Gasteiger charge is 2.43. The summed E-state index contributed by atoms with van der Waals surface area (Å²) in [5.74, 6) is 1.58. The van der Waals surface area contributed by atoms with Gasteiger partial charge in [0.2, 0.25) is 5.76 Å². The van der Waals surface area contributed by atoms with Gasteiger partial charge in [-0.05, 0) is 30.9 Å². The predicted octanol–water partition coefficient (Wildman–Crippen LogP) is 2.56. The molecule has 5 heteroatoms. The fraction of sp³-hybridized carbons (Fsp3) is 0.688. The van der Waals surface area contributed by atoms with Gasteiger partial charge < -0.3 is 19.2 Å². The molecule has 1 saturated carbocycles. The largest absolute Gasteiger partial charge is 0.449 e. The quantitative estimate of drug-likeness (QED) is 0.923. The van der Waals surface area contributed by atoms with E-state index in [2.05, 4.69) is 12.2 Å². The Morgan fingerprint density at radius 1 is 1.38 bits per heavy atom. The molecule has 1 atom stereocenters. The number of nitrogens with one attached hydrogen (secondary N) is 1. The van der Waals surface area contributed by atoms with Crippen LogP contribution in [0.3, 0.4) is 0 Å². The molecule has 3 rings (SSSR count). The van der Waals surface area contributed by atoms with E-state index in [0.717, 1.165) is 31.1 Å². The second-order valence-electron chi connectivity index (χ2n) is 6.15. The number of rotatable bonds is 4.